The van der Waals surface area contributed by atoms with Crippen molar-refractivity contribution in [1.29, 1.82) is 5.41 Å². The Morgan fingerprint density at radius 2 is 2.33 bits per heavy atom. The van der Waals surface area contributed by atoms with E-state index in [1.807, 2.05) is 18.8 Å². The van der Waals surface area contributed by atoms with E-state index in [4.69, 9.17) is 5.41 Å². The molecule has 0 radical (unpaired) electrons. The van der Waals surface area contributed by atoms with Gasteiger partial charge in [0.15, 0.2) is 0 Å². The fourth-order valence-electron chi connectivity index (χ4n) is 2.00. The molecule has 1 rings (SSSR count). The fourth-order valence-corrected chi connectivity index (χ4v) is 3.19. The number of allylic oxidation sites excluding steroid dienone is 2. The van der Waals surface area contributed by atoms with Crippen LogP contribution in [0.5, 0.6) is 0 Å². The normalized spacial score (nSPS) is 28.2. The molecule has 15 heavy (non-hydrogen) atoms. The summed E-state index contributed by atoms with van der Waals surface area (Å²) < 4.78 is 0. The molecule has 1 saturated carbocycles. The van der Waals surface area contributed by atoms with E-state index in [2.05, 4.69) is 25.2 Å². The molecule has 0 aromatic heterocycles. The molecular formula is C12H22N2S. The van der Waals surface area contributed by atoms with Crippen molar-refractivity contribution >= 4 is 17.5 Å². The van der Waals surface area contributed by atoms with E-state index in [0.717, 1.165) is 12.3 Å². The van der Waals surface area contributed by atoms with Crippen molar-refractivity contribution < 1.29 is 0 Å². The first-order valence-corrected chi connectivity index (χ1v) is 6.59. The van der Waals surface area contributed by atoms with Crippen molar-refractivity contribution in [3.63, 3.8) is 0 Å². The van der Waals surface area contributed by atoms with Gasteiger partial charge in [0.1, 0.15) is 0 Å². The molecule has 0 aromatic rings. The van der Waals surface area contributed by atoms with Crippen LogP contribution in [-0.4, -0.2) is 24.6 Å². The van der Waals surface area contributed by atoms with Crippen LogP contribution in [0.25, 0.3) is 0 Å². The molecule has 0 heterocycles. The van der Waals surface area contributed by atoms with Gasteiger partial charge in [-0.1, -0.05) is 12.5 Å². The maximum Gasteiger partial charge on any atom is 0.0471 e. The van der Waals surface area contributed by atoms with Crippen LogP contribution in [0, 0.1) is 11.3 Å². The summed E-state index contributed by atoms with van der Waals surface area (Å²) in [5.74, 6) is 0.464. The summed E-state index contributed by atoms with van der Waals surface area (Å²) in [5.41, 5.74) is 0.946. The predicted octanol–water partition coefficient (Wildman–Crippen LogP) is 3.05. The molecular weight excluding hydrogens is 204 g/mol. The summed E-state index contributed by atoms with van der Waals surface area (Å²) in [5, 5.41) is 11.8. The summed E-state index contributed by atoms with van der Waals surface area (Å²) in [7, 11) is 1.97. The molecule has 86 valence electrons. The maximum atomic E-state index is 8.19. The highest BCUT2D eigenvalue weighted by atomic mass is 32.2. The standard InChI is InChI=1S/C12H22N2S/c1-4-9(2)15-11-7-5-6-10(8-14-3)12(11)13/h4,10-11,13-14H,5-8H2,1-3H3. The van der Waals surface area contributed by atoms with Crippen molar-refractivity contribution in [3.8, 4) is 0 Å². The Hall–Kier alpha value is -0.280. The van der Waals surface area contributed by atoms with Gasteiger partial charge in [0, 0.05) is 23.4 Å². The predicted molar refractivity (Wildman–Crippen MR) is 69.8 cm³/mol. The topological polar surface area (TPSA) is 35.9 Å². The molecule has 2 nitrogen and oxygen atoms in total. The highest BCUT2D eigenvalue weighted by Crippen LogP contribution is 2.33. The first-order valence-electron chi connectivity index (χ1n) is 5.71. The molecule has 0 saturated heterocycles. The van der Waals surface area contributed by atoms with Gasteiger partial charge >= 0.3 is 0 Å². The van der Waals surface area contributed by atoms with Crippen LogP contribution in [0.2, 0.25) is 0 Å². The Balaban J connectivity index is 2.54. The van der Waals surface area contributed by atoms with E-state index in [-0.39, 0.29) is 0 Å². The Kier molecular flexibility index (Phi) is 5.40. The Morgan fingerprint density at radius 3 is 2.93 bits per heavy atom. The molecule has 2 N–H and O–H groups in total. The lowest BCUT2D eigenvalue weighted by Gasteiger charge is -2.30. The van der Waals surface area contributed by atoms with Gasteiger partial charge in [0.25, 0.3) is 0 Å². The van der Waals surface area contributed by atoms with E-state index in [1.54, 1.807) is 0 Å². The SMILES string of the molecule is CC=C(C)SC1CCCC(CNC)C1=N. The second kappa shape index (κ2) is 6.33. The van der Waals surface area contributed by atoms with Crippen molar-refractivity contribution in [2.75, 3.05) is 13.6 Å². The Bertz CT molecular complexity index is 246. The van der Waals surface area contributed by atoms with Crippen molar-refractivity contribution in [2.24, 2.45) is 5.92 Å². The van der Waals surface area contributed by atoms with Crippen LogP contribution in [0.4, 0.5) is 0 Å². The number of thioether (sulfide) groups is 1. The average Bonchev–Trinajstić information content (AvgIpc) is 2.24. The van der Waals surface area contributed by atoms with E-state index in [1.165, 1.54) is 24.2 Å². The van der Waals surface area contributed by atoms with Crippen LogP contribution >= 0.6 is 11.8 Å². The molecule has 0 amide bonds. The average molecular weight is 226 g/mol. The summed E-state index contributed by atoms with van der Waals surface area (Å²) in [4.78, 5) is 1.34. The summed E-state index contributed by atoms with van der Waals surface area (Å²) >= 11 is 1.87. The molecule has 1 fully saturated rings. The minimum Gasteiger partial charge on any atom is -0.319 e. The smallest absolute Gasteiger partial charge is 0.0471 e. The van der Waals surface area contributed by atoms with Gasteiger partial charge in [-0.3, -0.25) is 0 Å². The van der Waals surface area contributed by atoms with E-state index in [9.17, 15) is 0 Å². The minimum absolute atomic E-state index is 0.424. The minimum atomic E-state index is 0.424. The fraction of sp³-hybridized carbons (Fsp3) is 0.750. The lowest BCUT2D eigenvalue weighted by atomic mass is 9.87. The first-order chi connectivity index (χ1) is 7.19. The number of rotatable bonds is 4. The summed E-state index contributed by atoms with van der Waals surface area (Å²) in [6.07, 6.45) is 5.77. The molecule has 0 spiro atoms. The summed E-state index contributed by atoms with van der Waals surface area (Å²) in [6.45, 7) is 5.17. The summed E-state index contributed by atoms with van der Waals surface area (Å²) in [6, 6.07) is 0. The zero-order chi connectivity index (χ0) is 11.3. The van der Waals surface area contributed by atoms with Gasteiger partial charge in [-0.2, -0.15) is 0 Å². The van der Waals surface area contributed by atoms with Crippen LogP contribution in [0.1, 0.15) is 33.1 Å². The quantitative estimate of drug-likeness (QED) is 0.773. The third-order valence-corrected chi connectivity index (χ3v) is 4.37. The van der Waals surface area contributed by atoms with Crippen LogP contribution < -0.4 is 5.32 Å². The molecule has 0 aliphatic heterocycles. The van der Waals surface area contributed by atoms with Crippen LogP contribution in [0.15, 0.2) is 11.0 Å². The molecule has 3 heteroatoms. The van der Waals surface area contributed by atoms with Crippen molar-refractivity contribution in [1.82, 2.24) is 5.32 Å². The molecule has 0 bridgehead atoms. The highest BCUT2D eigenvalue weighted by molar-refractivity contribution is 8.04. The first kappa shape index (κ1) is 12.8. The van der Waals surface area contributed by atoms with E-state index < -0.39 is 0 Å². The maximum absolute atomic E-state index is 8.19. The van der Waals surface area contributed by atoms with Gasteiger partial charge in [-0.05, 0) is 38.6 Å². The number of hydrogen-bond donors (Lipinski definition) is 2. The molecule has 2 unspecified atom stereocenters. The molecule has 1 aliphatic rings. The zero-order valence-electron chi connectivity index (χ0n) is 9.97. The molecule has 1 aliphatic carbocycles. The highest BCUT2D eigenvalue weighted by Gasteiger charge is 2.27. The van der Waals surface area contributed by atoms with Gasteiger partial charge < -0.3 is 10.7 Å². The second-order valence-corrected chi connectivity index (χ2v) is 5.60. The van der Waals surface area contributed by atoms with Gasteiger partial charge in [-0.15, -0.1) is 11.8 Å². The van der Waals surface area contributed by atoms with E-state index >= 15 is 0 Å². The third-order valence-electron chi connectivity index (χ3n) is 2.99. The number of nitrogens with one attached hydrogen (secondary N) is 2. The lowest BCUT2D eigenvalue weighted by molar-refractivity contribution is 0.508. The van der Waals surface area contributed by atoms with Crippen LogP contribution in [-0.2, 0) is 0 Å². The zero-order valence-corrected chi connectivity index (χ0v) is 10.8. The molecule has 2 atom stereocenters. The second-order valence-electron chi connectivity index (χ2n) is 4.15. The van der Waals surface area contributed by atoms with Crippen LogP contribution in [0.3, 0.4) is 0 Å². The van der Waals surface area contributed by atoms with Gasteiger partial charge in [0.2, 0.25) is 0 Å². The van der Waals surface area contributed by atoms with Crippen molar-refractivity contribution in [3.05, 3.63) is 11.0 Å². The van der Waals surface area contributed by atoms with Gasteiger partial charge in [0.05, 0.1) is 0 Å². The lowest BCUT2D eigenvalue weighted by Crippen LogP contribution is -2.35. The Labute approximate surface area is 97.4 Å². The third kappa shape index (κ3) is 3.65. The molecule has 0 aromatic carbocycles. The van der Waals surface area contributed by atoms with E-state index in [0.29, 0.717) is 11.2 Å². The monoisotopic (exact) mass is 226 g/mol. The Morgan fingerprint density at radius 1 is 1.60 bits per heavy atom. The van der Waals surface area contributed by atoms with Crippen molar-refractivity contribution in [2.45, 2.75) is 38.4 Å². The largest absolute Gasteiger partial charge is 0.319 e. The number of hydrogen-bond acceptors (Lipinski definition) is 3. The van der Waals surface area contributed by atoms with Gasteiger partial charge in [-0.25, -0.2) is 0 Å².